The van der Waals surface area contributed by atoms with E-state index in [-0.39, 0.29) is 17.7 Å². The van der Waals surface area contributed by atoms with Crippen LogP contribution in [0.5, 0.6) is 5.75 Å². The topological polar surface area (TPSA) is 99.9 Å². The molecule has 0 aliphatic heterocycles. The molecule has 0 saturated heterocycles. The van der Waals surface area contributed by atoms with Crippen molar-refractivity contribution in [2.45, 2.75) is 26.9 Å². The van der Waals surface area contributed by atoms with E-state index in [1.165, 1.54) is 0 Å². The number of benzene rings is 2. The number of hydrogen-bond donors (Lipinski definition) is 2. The Labute approximate surface area is 169 Å². The highest BCUT2D eigenvalue weighted by molar-refractivity contribution is 6.03. The maximum Gasteiger partial charge on any atom is 0.274 e. The van der Waals surface area contributed by atoms with Crippen LogP contribution in [-0.2, 0) is 0 Å². The first-order chi connectivity index (χ1) is 13.9. The largest absolute Gasteiger partial charge is 0.491 e. The number of hydrogen-bond acceptors (Lipinski definition) is 6. The fourth-order valence-electron chi connectivity index (χ4n) is 2.62. The summed E-state index contributed by atoms with van der Waals surface area (Å²) in [5.41, 5.74) is 2.65. The molecule has 7 heteroatoms. The fourth-order valence-corrected chi connectivity index (χ4v) is 2.62. The second-order valence-electron chi connectivity index (χ2n) is 6.68. The summed E-state index contributed by atoms with van der Waals surface area (Å²) in [4.78, 5) is 21.2. The fraction of sp³-hybridized carbons (Fsp3) is 0.182. The lowest BCUT2D eigenvalue weighted by Crippen LogP contribution is -2.15. The molecule has 0 atom stereocenters. The summed E-state index contributed by atoms with van der Waals surface area (Å²) in [6, 6.07) is 17.8. The predicted octanol–water partition coefficient (Wildman–Crippen LogP) is 4.44. The molecule has 0 bridgehead atoms. The van der Waals surface area contributed by atoms with E-state index in [4.69, 9.17) is 10.00 Å². The van der Waals surface area contributed by atoms with Gasteiger partial charge in [0.2, 0.25) is 5.95 Å². The Kier molecular flexibility index (Phi) is 6.05. The minimum absolute atomic E-state index is 0.101. The number of aryl methyl sites for hydroxylation is 1. The first-order valence-electron chi connectivity index (χ1n) is 9.14. The summed E-state index contributed by atoms with van der Waals surface area (Å²) in [5.74, 6) is 0.711. The number of carbonyl (C=O) groups is 1. The van der Waals surface area contributed by atoms with Crippen LogP contribution in [-0.4, -0.2) is 22.0 Å². The highest BCUT2D eigenvalue weighted by atomic mass is 16.5. The number of nitrogens with one attached hydrogen (secondary N) is 2. The molecule has 3 aromatic rings. The number of carbonyl (C=O) groups excluding carboxylic acids is 1. The Morgan fingerprint density at radius 3 is 2.52 bits per heavy atom. The zero-order chi connectivity index (χ0) is 20.8. The lowest BCUT2D eigenvalue weighted by molar-refractivity contribution is 0.102. The molecule has 0 aliphatic rings. The Balaban J connectivity index is 1.75. The molecule has 146 valence electrons. The summed E-state index contributed by atoms with van der Waals surface area (Å²) in [6.45, 7) is 5.73. The van der Waals surface area contributed by atoms with Crippen molar-refractivity contribution in [2.24, 2.45) is 0 Å². The Morgan fingerprint density at radius 2 is 1.83 bits per heavy atom. The molecular formula is C22H21N5O2. The lowest BCUT2D eigenvalue weighted by atomic mass is 10.2. The van der Waals surface area contributed by atoms with E-state index >= 15 is 0 Å². The molecule has 1 heterocycles. The van der Waals surface area contributed by atoms with Gasteiger partial charge in [0.1, 0.15) is 11.4 Å². The van der Waals surface area contributed by atoms with Crippen molar-refractivity contribution in [3.05, 3.63) is 71.5 Å². The molecule has 0 radical (unpaired) electrons. The molecule has 0 saturated carbocycles. The average molecular weight is 387 g/mol. The van der Waals surface area contributed by atoms with Gasteiger partial charge in [0.05, 0.1) is 17.7 Å². The summed E-state index contributed by atoms with van der Waals surface area (Å²) in [5, 5.41) is 14.8. The lowest BCUT2D eigenvalue weighted by Gasteiger charge is -2.11. The SMILES string of the molecule is Cc1cc(C(=O)Nc2cccc(C#N)c2)nc(Nc2ccc(OC(C)C)cc2)n1. The van der Waals surface area contributed by atoms with Gasteiger partial charge in [-0.05, 0) is 69.3 Å². The molecule has 1 amide bonds. The van der Waals surface area contributed by atoms with Crippen molar-refractivity contribution in [3.63, 3.8) is 0 Å². The number of aromatic nitrogens is 2. The molecular weight excluding hydrogens is 366 g/mol. The van der Waals surface area contributed by atoms with Gasteiger partial charge in [0.25, 0.3) is 5.91 Å². The van der Waals surface area contributed by atoms with Gasteiger partial charge in [-0.2, -0.15) is 5.26 Å². The summed E-state index contributed by atoms with van der Waals surface area (Å²) >= 11 is 0. The normalized spacial score (nSPS) is 10.3. The summed E-state index contributed by atoms with van der Waals surface area (Å²) in [6.07, 6.45) is 0.101. The van der Waals surface area contributed by atoms with Gasteiger partial charge in [-0.3, -0.25) is 4.79 Å². The Bertz CT molecular complexity index is 1060. The highest BCUT2D eigenvalue weighted by Crippen LogP contribution is 2.20. The average Bonchev–Trinajstić information content (AvgIpc) is 2.69. The van der Waals surface area contributed by atoms with Gasteiger partial charge >= 0.3 is 0 Å². The second-order valence-corrected chi connectivity index (χ2v) is 6.68. The maximum atomic E-state index is 12.6. The van der Waals surface area contributed by atoms with E-state index in [9.17, 15) is 4.79 Å². The Morgan fingerprint density at radius 1 is 1.07 bits per heavy atom. The van der Waals surface area contributed by atoms with Gasteiger partial charge in [0.15, 0.2) is 0 Å². The van der Waals surface area contributed by atoms with Gasteiger partial charge < -0.3 is 15.4 Å². The third-order valence-corrected chi connectivity index (χ3v) is 3.82. The van der Waals surface area contributed by atoms with E-state index in [1.807, 2.05) is 44.2 Å². The van der Waals surface area contributed by atoms with Gasteiger partial charge in [-0.25, -0.2) is 9.97 Å². The minimum atomic E-state index is -0.380. The molecule has 0 unspecified atom stereocenters. The summed E-state index contributed by atoms with van der Waals surface area (Å²) in [7, 11) is 0. The quantitative estimate of drug-likeness (QED) is 0.649. The van der Waals surface area contributed by atoms with E-state index in [0.29, 0.717) is 22.9 Å². The molecule has 2 N–H and O–H groups in total. The molecule has 1 aromatic heterocycles. The van der Waals surface area contributed by atoms with Crippen LogP contribution in [0.2, 0.25) is 0 Å². The van der Waals surface area contributed by atoms with Crippen LogP contribution in [0.3, 0.4) is 0 Å². The van der Waals surface area contributed by atoms with E-state index in [0.717, 1.165) is 11.4 Å². The third-order valence-electron chi connectivity index (χ3n) is 3.82. The number of ether oxygens (including phenoxy) is 1. The van der Waals surface area contributed by atoms with Crippen molar-refractivity contribution in [1.29, 1.82) is 5.26 Å². The monoisotopic (exact) mass is 387 g/mol. The van der Waals surface area contributed by atoms with Crippen LogP contribution in [0.25, 0.3) is 0 Å². The third kappa shape index (κ3) is 5.53. The molecule has 3 rings (SSSR count). The molecule has 2 aromatic carbocycles. The van der Waals surface area contributed by atoms with Gasteiger partial charge in [-0.15, -0.1) is 0 Å². The number of rotatable bonds is 6. The Hall–Kier alpha value is -3.92. The summed E-state index contributed by atoms with van der Waals surface area (Å²) < 4.78 is 5.63. The standard InChI is InChI=1S/C22H21N5O2/c1-14(2)29-19-9-7-17(8-10-19)26-22-24-15(3)11-20(27-22)21(28)25-18-6-4-5-16(12-18)13-23/h4-12,14H,1-3H3,(H,25,28)(H,24,26,27). The van der Waals surface area contributed by atoms with Crippen LogP contribution >= 0.6 is 0 Å². The van der Waals surface area contributed by atoms with Crippen molar-refractivity contribution in [1.82, 2.24) is 9.97 Å². The zero-order valence-corrected chi connectivity index (χ0v) is 16.4. The smallest absolute Gasteiger partial charge is 0.274 e. The van der Waals surface area contributed by atoms with Crippen molar-refractivity contribution >= 4 is 23.2 Å². The zero-order valence-electron chi connectivity index (χ0n) is 16.4. The molecule has 0 spiro atoms. The number of nitriles is 1. The first-order valence-corrected chi connectivity index (χ1v) is 9.14. The van der Waals surface area contributed by atoms with Crippen LogP contribution in [0.1, 0.15) is 35.6 Å². The molecule has 0 fully saturated rings. The molecule has 29 heavy (non-hydrogen) atoms. The van der Waals surface area contributed by atoms with Crippen LogP contribution in [0, 0.1) is 18.3 Å². The van der Waals surface area contributed by atoms with E-state index in [1.54, 1.807) is 37.3 Å². The minimum Gasteiger partial charge on any atom is -0.491 e. The van der Waals surface area contributed by atoms with Gasteiger partial charge in [0, 0.05) is 17.1 Å². The maximum absolute atomic E-state index is 12.6. The van der Waals surface area contributed by atoms with E-state index in [2.05, 4.69) is 20.6 Å². The number of amides is 1. The predicted molar refractivity (Wildman–Crippen MR) is 111 cm³/mol. The van der Waals surface area contributed by atoms with Gasteiger partial charge in [-0.1, -0.05) is 6.07 Å². The molecule has 7 nitrogen and oxygen atoms in total. The molecule has 0 aliphatic carbocycles. The highest BCUT2D eigenvalue weighted by Gasteiger charge is 2.12. The number of nitrogens with zero attached hydrogens (tertiary/aromatic N) is 3. The van der Waals surface area contributed by atoms with Crippen LogP contribution < -0.4 is 15.4 Å². The van der Waals surface area contributed by atoms with Crippen molar-refractivity contribution in [2.75, 3.05) is 10.6 Å². The van der Waals surface area contributed by atoms with Crippen LogP contribution in [0.4, 0.5) is 17.3 Å². The van der Waals surface area contributed by atoms with Crippen LogP contribution in [0.15, 0.2) is 54.6 Å². The van der Waals surface area contributed by atoms with Crippen molar-refractivity contribution < 1.29 is 9.53 Å². The number of anilines is 3. The van der Waals surface area contributed by atoms with E-state index < -0.39 is 0 Å². The first kappa shape index (κ1) is 19.8. The second kappa shape index (κ2) is 8.85. The van der Waals surface area contributed by atoms with Crippen molar-refractivity contribution in [3.8, 4) is 11.8 Å².